The van der Waals surface area contributed by atoms with Gasteiger partial charge in [-0.3, -0.25) is 0 Å². The summed E-state index contributed by atoms with van der Waals surface area (Å²) in [6.45, 7) is 0. The second-order valence-electron chi connectivity index (χ2n) is 3.40. The van der Waals surface area contributed by atoms with Crippen LogP contribution in [0.2, 0.25) is 5.15 Å². The van der Waals surface area contributed by atoms with E-state index in [2.05, 4.69) is 10.3 Å². The van der Waals surface area contributed by atoms with Gasteiger partial charge in [0.05, 0.1) is 11.4 Å². The van der Waals surface area contributed by atoms with E-state index < -0.39 is 0 Å². The lowest BCUT2D eigenvalue weighted by atomic mass is 10.3. The number of benzene rings is 1. The number of halogens is 1. The molecule has 0 amide bonds. The zero-order valence-electron chi connectivity index (χ0n) is 9.27. The molecule has 0 spiro atoms. The molecule has 0 radical (unpaired) electrons. The van der Waals surface area contributed by atoms with E-state index in [4.69, 9.17) is 17.3 Å². The van der Waals surface area contributed by atoms with Crippen LogP contribution in [0.1, 0.15) is 0 Å². The van der Waals surface area contributed by atoms with Crippen molar-refractivity contribution in [3.05, 3.63) is 41.6 Å². The molecule has 0 aliphatic carbocycles. The second kappa shape index (κ2) is 5.29. The van der Waals surface area contributed by atoms with Crippen molar-refractivity contribution in [2.75, 3.05) is 17.3 Å². The van der Waals surface area contributed by atoms with Gasteiger partial charge in [0, 0.05) is 4.90 Å². The van der Waals surface area contributed by atoms with Gasteiger partial charge in [0.15, 0.2) is 5.82 Å². The number of nitrogens with one attached hydrogen (secondary N) is 1. The van der Waals surface area contributed by atoms with Crippen LogP contribution in [0, 0.1) is 0 Å². The van der Waals surface area contributed by atoms with Gasteiger partial charge in [0.25, 0.3) is 0 Å². The maximum atomic E-state index is 5.84. The number of nitrogens with zero attached hydrogens (tertiary/aromatic N) is 1. The first-order valence-corrected chi connectivity index (χ1v) is 6.63. The second-order valence-corrected chi connectivity index (χ2v) is 4.63. The molecule has 1 aromatic heterocycles. The van der Waals surface area contributed by atoms with Crippen molar-refractivity contribution in [2.45, 2.75) is 4.90 Å². The molecule has 0 saturated heterocycles. The van der Waals surface area contributed by atoms with Crippen molar-refractivity contribution in [2.24, 2.45) is 0 Å². The molecule has 17 heavy (non-hydrogen) atoms. The summed E-state index contributed by atoms with van der Waals surface area (Å²) in [5, 5.41) is 3.61. The van der Waals surface area contributed by atoms with Gasteiger partial charge >= 0.3 is 0 Å². The number of pyridine rings is 1. The number of thioether (sulfide) groups is 1. The average Bonchev–Trinajstić information content (AvgIpc) is 2.34. The Kier molecular flexibility index (Phi) is 3.76. The molecule has 0 atom stereocenters. The number of hydrogen-bond acceptors (Lipinski definition) is 4. The molecule has 0 aliphatic heterocycles. The quantitative estimate of drug-likeness (QED) is 0.655. The number of hydrogen-bond donors (Lipinski definition) is 2. The topological polar surface area (TPSA) is 50.9 Å². The van der Waals surface area contributed by atoms with E-state index in [1.807, 2.05) is 30.5 Å². The Labute approximate surface area is 109 Å². The number of nitrogen functional groups attached to an aromatic ring is 1. The summed E-state index contributed by atoms with van der Waals surface area (Å²) in [4.78, 5) is 5.30. The Morgan fingerprint density at radius 3 is 2.76 bits per heavy atom. The molecule has 0 saturated carbocycles. The highest BCUT2D eigenvalue weighted by Crippen LogP contribution is 2.29. The third kappa shape index (κ3) is 2.84. The molecular weight excluding hydrogens is 254 g/mol. The van der Waals surface area contributed by atoms with Gasteiger partial charge in [0.1, 0.15) is 5.15 Å². The minimum atomic E-state index is 0.420. The molecule has 1 heterocycles. The highest BCUT2D eigenvalue weighted by Gasteiger charge is 2.05. The fourth-order valence-corrected chi connectivity index (χ4v) is 2.12. The lowest BCUT2D eigenvalue weighted by Crippen LogP contribution is -2.00. The van der Waals surface area contributed by atoms with E-state index in [1.54, 1.807) is 23.9 Å². The lowest BCUT2D eigenvalue weighted by Gasteiger charge is -2.11. The summed E-state index contributed by atoms with van der Waals surface area (Å²) in [7, 11) is 0. The van der Waals surface area contributed by atoms with Crippen molar-refractivity contribution in [3.63, 3.8) is 0 Å². The molecule has 0 aliphatic rings. The van der Waals surface area contributed by atoms with E-state index in [9.17, 15) is 0 Å². The summed E-state index contributed by atoms with van der Waals surface area (Å²) in [6, 6.07) is 11.4. The van der Waals surface area contributed by atoms with E-state index in [0.717, 1.165) is 10.6 Å². The Bertz CT molecular complexity index is 531. The standard InChI is InChI=1S/C12H12ClN3S/c1-17-10-5-3-2-4-9(10)15-12-8(14)6-7-11(13)16-12/h2-7H,14H2,1H3,(H,15,16). The van der Waals surface area contributed by atoms with Crippen molar-refractivity contribution in [3.8, 4) is 0 Å². The highest BCUT2D eigenvalue weighted by atomic mass is 35.5. The minimum Gasteiger partial charge on any atom is -0.396 e. The Hall–Kier alpha value is -1.39. The van der Waals surface area contributed by atoms with E-state index >= 15 is 0 Å². The predicted octanol–water partition coefficient (Wildman–Crippen LogP) is 3.78. The molecular formula is C12H12ClN3S. The number of rotatable bonds is 3. The Morgan fingerprint density at radius 2 is 2.00 bits per heavy atom. The lowest BCUT2D eigenvalue weighted by molar-refractivity contribution is 1.29. The Balaban J connectivity index is 2.34. The third-order valence-corrected chi connectivity index (χ3v) is 3.26. The van der Waals surface area contributed by atoms with Gasteiger partial charge in [-0.15, -0.1) is 11.8 Å². The first kappa shape index (κ1) is 12.1. The highest BCUT2D eigenvalue weighted by molar-refractivity contribution is 7.98. The van der Waals surface area contributed by atoms with Gasteiger partial charge < -0.3 is 11.1 Å². The van der Waals surface area contributed by atoms with Crippen LogP contribution < -0.4 is 11.1 Å². The summed E-state index contributed by atoms with van der Waals surface area (Å²) in [5.74, 6) is 0.582. The molecule has 2 rings (SSSR count). The van der Waals surface area contributed by atoms with Gasteiger partial charge in [-0.1, -0.05) is 23.7 Å². The molecule has 3 nitrogen and oxygen atoms in total. The molecule has 3 N–H and O–H groups in total. The summed E-state index contributed by atoms with van der Waals surface area (Å²) < 4.78 is 0. The summed E-state index contributed by atoms with van der Waals surface area (Å²) in [5.41, 5.74) is 7.39. The molecule has 2 aromatic rings. The van der Waals surface area contributed by atoms with Crippen LogP contribution in [0.5, 0.6) is 0 Å². The zero-order chi connectivity index (χ0) is 12.3. The minimum absolute atomic E-state index is 0.420. The van der Waals surface area contributed by atoms with Gasteiger partial charge in [-0.2, -0.15) is 0 Å². The van der Waals surface area contributed by atoms with Crippen LogP contribution in [0.15, 0.2) is 41.3 Å². The number of aromatic nitrogens is 1. The van der Waals surface area contributed by atoms with Crippen LogP contribution in [-0.4, -0.2) is 11.2 Å². The van der Waals surface area contributed by atoms with Gasteiger partial charge in [-0.05, 0) is 30.5 Å². The molecule has 1 aromatic carbocycles. The number of anilines is 3. The third-order valence-electron chi connectivity index (χ3n) is 2.25. The first-order chi connectivity index (χ1) is 8.20. The van der Waals surface area contributed by atoms with Crippen LogP contribution in [0.25, 0.3) is 0 Å². The smallest absolute Gasteiger partial charge is 0.155 e. The largest absolute Gasteiger partial charge is 0.396 e. The maximum Gasteiger partial charge on any atom is 0.155 e. The predicted molar refractivity (Wildman–Crippen MR) is 75.2 cm³/mol. The monoisotopic (exact) mass is 265 g/mol. The molecule has 0 bridgehead atoms. The van der Waals surface area contributed by atoms with Crippen LogP contribution >= 0.6 is 23.4 Å². The van der Waals surface area contributed by atoms with Crippen molar-refractivity contribution in [1.29, 1.82) is 0 Å². The fourth-order valence-electron chi connectivity index (χ4n) is 1.42. The number of nitrogens with two attached hydrogens (primary N) is 1. The van der Waals surface area contributed by atoms with Crippen LogP contribution in [0.3, 0.4) is 0 Å². The zero-order valence-corrected chi connectivity index (χ0v) is 10.8. The van der Waals surface area contributed by atoms with Crippen molar-refractivity contribution >= 4 is 40.6 Å². The van der Waals surface area contributed by atoms with Gasteiger partial charge in [-0.25, -0.2) is 4.98 Å². The molecule has 0 unspecified atom stereocenters. The van der Waals surface area contributed by atoms with E-state index in [-0.39, 0.29) is 0 Å². The van der Waals surface area contributed by atoms with Crippen molar-refractivity contribution < 1.29 is 0 Å². The summed E-state index contributed by atoms with van der Waals surface area (Å²) in [6.07, 6.45) is 2.02. The SMILES string of the molecule is CSc1ccccc1Nc1nc(Cl)ccc1N. The maximum absolute atomic E-state index is 5.84. The number of para-hydroxylation sites is 1. The van der Waals surface area contributed by atoms with Crippen LogP contribution in [0.4, 0.5) is 17.2 Å². The fraction of sp³-hybridized carbons (Fsp3) is 0.0833. The average molecular weight is 266 g/mol. The molecule has 88 valence electrons. The molecule has 5 heteroatoms. The normalized spacial score (nSPS) is 10.2. The Morgan fingerprint density at radius 1 is 1.24 bits per heavy atom. The van der Waals surface area contributed by atoms with Gasteiger partial charge in [0.2, 0.25) is 0 Å². The summed E-state index contributed by atoms with van der Waals surface area (Å²) >= 11 is 7.51. The first-order valence-electron chi connectivity index (χ1n) is 5.03. The van der Waals surface area contributed by atoms with Crippen LogP contribution in [-0.2, 0) is 0 Å². The van der Waals surface area contributed by atoms with E-state index in [1.165, 1.54) is 0 Å². The van der Waals surface area contributed by atoms with E-state index in [0.29, 0.717) is 16.7 Å². The molecule has 0 fully saturated rings. The van der Waals surface area contributed by atoms with Crippen molar-refractivity contribution in [1.82, 2.24) is 4.98 Å².